The van der Waals surface area contributed by atoms with Crippen molar-refractivity contribution >= 4 is 5.91 Å². The van der Waals surface area contributed by atoms with Crippen LogP contribution >= 0.6 is 0 Å². The van der Waals surface area contributed by atoms with E-state index < -0.39 is 5.54 Å². The molecule has 66 valence electrons. The van der Waals surface area contributed by atoms with Gasteiger partial charge in [0.1, 0.15) is 0 Å². The molecule has 11 heavy (non-hydrogen) atoms. The quantitative estimate of drug-likeness (QED) is 0.566. The highest BCUT2D eigenvalue weighted by Crippen LogP contribution is 2.10. The van der Waals surface area contributed by atoms with Gasteiger partial charge in [0.2, 0.25) is 5.91 Å². The van der Waals surface area contributed by atoms with Crippen molar-refractivity contribution in [3.63, 3.8) is 0 Å². The summed E-state index contributed by atoms with van der Waals surface area (Å²) in [5.41, 5.74) is 4.63. The fraction of sp³-hybridized carbons (Fsp3) is 0.857. The lowest BCUT2D eigenvalue weighted by Crippen LogP contribution is -2.49. The second-order valence-electron chi connectivity index (χ2n) is 3.13. The van der Waals surface area contributed by atoms with Gasteiger partial charge in [-0.1, -0.05) is 0 Å². The lowest BCUT2D eigenvalue weighted by atomic mass is 10.1. The Morgan fingerprint density at radius 2 is 2.09 bits per heavy atom. The maximum absolute atomic E-state index is 11.0. The van der Waals surface area contributed by atoms with Crippen LogP contribution in [0.5, 0.6) is 0 Å². The number of hydrogen-bond acceptors (Lipinski definition) is 3. The number of aliphatic hydroxyl groups is 1. The van der Waals surface area contributed by atoms with Crippen LogP contribution in [0, 0.1) is 0 Å². The normalized spacial score (nSPS) is 11.4. The fourth-order valence-electron chi connectivity index (χ4n) is 0.581. The maximum atomic E-state index is 11.0. The van der Waals surface area contributed by atoms with E-state index in [1.54, 1.807) is 20.9 Å². The summed E-state index contributed by atoms with van der Waals surface area (Å²) in [7, 11) is 1.63. The summed E-state index contributed by atoms with van der Waals surface area (Å²) in [6.07, 6.45) is 0. The molecule has 0 heterocycles. The van der Waals surface area contributed by atoms with Crippen LogP contribution in [0.4, 0.5) is 0 Å². The Morgan fingerprint density at radius 3 is 2.36 bits per heavy atom. The number of nitrogens with zero attached hydrogens (tertiary/aromatic N) is 1. The number of rotatable bonds is 3. The lowest BCUT2D eigenvalue weighted by Gasteiger charge is -2.33. The summed E-state index contributed by atoms with van der Waals surface area (Å²) in [4.78, 5) is 12.5. The number of hydrogen-bond donors (Lipinski definition) is 2. The topological polar surface area (TPSA) is 66.6 Å². The third-order valence-electron chi connectivity index (χ3n) is 1.84. The molecule has 0 aromatic carbocycles. The first-order chi connectivity index (χ1) is 4.95. The van der Waals surface area contributed by atoms with E-state index in [0.717, 1.165) is 0 Å². The van der Waals surface area contributed by atoms with E-state index in [0.29, 0.717) is 0 Å². The van der Waals surface area contributed by atoms with E-state index in [4.69, 9.17) is 10.8 Å². The van der Waals surface area contributed by atoms with Crippen LogP contribution in [0.3, 0.4) is 0 Å². The number of carbonyl (C=O) groups excluding carboxylic acids is 1. The largest absolute Gasteiger partial charge is 0.394 e. The van der Waals surface area contributed by atoms with Crippen molar-refractivity contribution in [2.24, 2.45) is 5.73 Å². The van der Waals surface area contributed by atoms with E-state index in [1.165, 1.54) is 4.90 Å². The predicted octanol–water partition coefficient (Wildman–Crippen LogP) is -0.826. The first-order valence-electron chi connectivity index (χ1n) is 3.53. The number of amides is 1. The van der Waals surface area contributed by atoms with Crippen molar-refractivity contribution in [2.75, 3.05) is 20.2 Å². The van der Waals surface area contributed by atoms with Gasteiger partial charge in [-0.15, -0.1) is 0 Å². The van der Waals surface area contributed by atoms with E-state index in [2.05, 4.69) is 0 Å². The van der Waals surface area contributed by atoms with Crippen LogP contribution in [0.15, 0.2) is 0 Å². The van der Waals surface area contributed by atoms with E-state index >= 15 is 0 Å². The number of nitrogens with two attached hydrogens (primary N) is 1. The highest BCUT2D eigenvalue weighted by molar-refractivity contribution is 5.78. The first kappa shape index (κ1) is 10.4. The second-order valence-corrected chi connectivity index (χ2v) is 3.13. The zero-order valence-electron chi connectivity index (χ0n) is 7.29. The van der Waals surface area contributed by atoms with Crippen LogP contribution in [0.25, 0.3) is 0 Å². The molecule has 0 aliphatic rings. The minimum Gasteiger partial charge on any atom is -0.394 e. The molecular weight excluding hydrogens is 144 g/mol. The third-order valence-corrected chi connectivity index (χ3v) is 1.84. The van der Waals surface area contributed by atoms with E-state index in [1.807, 2.05) is 0 Å². The Hall–Kier alpha value is -0.610. The molecule has 0 saturated heterocycles. The third kappa shape index (κ3) is 2.48. The van der Waals surface area contributed by atoms with Gasteiger partial charge < -0.3 is 15.7 Å². The molecule has 0 unspecified atom stereocenters. The van der Waals surface area contributed by atoms with Gasteiger partial charge in [-0.3, -0.25) is 4.79 Å². The molecule has 0 aromatic heterocycles. The summed E-state index contributed by atoms with van der Waals surface area (Å²) in [6.45, 7) is 3.48. The van der Waals surface area contributed by atoms with Gasteiger partial charge >= 0.3 is 0 Å². The summed E-state index contributed by atoms with van der Waals surface area (Å²) in [5, 5.41) is 8.87. The molecule has 0 radical (unpaired) electrons. The van der Waals surface area contributed by atoms with Gasteiger partial charge in [0, 0.05) is 7.05 Å². The van der Waals surface area contributed by atoms with Gasteiger partial charge in [0.25, 0.3) is 0 Å². The Bertz CT molecular complexity index is 145. The van der Waals surface area contributed by atoms with Crippen LogP contribution in [0.2, 0.25) is 0 Å². The fourth-order valence-corrected chi connectivity index (χ4v) is 0.581. The van der Waals surface area contributed by atoms with Crippen molar-refractivity contribution < 1.29 is 9.90 Å². The molecule has 3 N–H and O–H groups in total. The predicted molar refractivity (Wildman–Crippen MR) is 43.0 cm³/mol. The average Bonchev–Trinajstić information content (AvgIpc) is 2.01. The van der Waals surface area contributed by atoms with E-state index in [-0.39, 0.29) is 19.1 Å². The molecule has 0 rings (SSSR count). The molecular formula is C7H16N2O2. The van der Waals surface area contributed by atoms with Gasteiger partial charge in [-0.05, 0) is 13.8 Å². The van der Waals surface area contributed by atoms with Gasteiger partial charge in [0.05, 0.1) is 18.7 Å². The monoisotopic (exact) mass is 160 g/mol. The molecule has 4 nitrogen and oxygen atoms in total. The highest BCUT2D eigenvalue weighted by Gasteiger charge is 2.25. The van der Waals surface area contributed by atoms with Crippen LogP contribution in [0.1, 0.15) is 13.8 Å². The van der Waals surface area contributed by atoms with Crippen molar-refractivity contribution in [3.8, 4) is 0 Å². The standard InChI is InChI=1S/C7H16N2O2/c1-7(2,5-10)9(3)6(11)4-8/h10H,4-5,8H2,1-3H3. The van der Waals surface area contributed by atoms with Crippen LogP contribution < -0.4 is 5.73 Å². The Kier molecular flexibility index (Phi) is 3.48. The SMILES string of the molecule is CN(C(=O)CN)C(C)(C)CO. The van der Waals surface area contributed by atoms with Crippen LogP contribution in [-0.4, -0.2) is 41.7 Å². The number of aliphatic hydroxyl groups excluding tert-OH is 1. The Balaban J connectivity index is 4.22. The Morgan fingerprint density at radius 1 is 1.64 bits per heavy atom. The molecule has 0 aromatic rings. The first-order valence-corrected chi connectivity index (χ1v) is 3.53. The average molecular weight is 160 g/mol. The van der Waals surface area contributed by atoms with Gasteiger partial charge in [0.15, 0.2) is 0 Å². The molecule has 0 fully saturated rings. The maximum Gasteiger partial charge on any atom is 0.236 e. The van der Waals surface area contributed by atoms with E-state index in [9.17, 15) is 4.79 Å². The smallest absolute Gasteiger partial charge is 0.236 e. The van der Waals surface area contributed by atoms with Crippen molar-refractivity contribution in [1.29, 1.82) is 0 Å². The van der Waals surface area contributed by atoms with Crippen LogP contribution in [-0.2, 0) is 4.79 Å². The molecule has 0 saturated carbocycles. The molecule has 0 atom stereocenters. The highest BCUT2D eigenvalue weighted by atomic mass is 16.3. The summed E-state index contributed by atoms with van der Waals surface area (Å²) >= 11 is 0. The van der Waals surface area contributed by atoms with Crippen molar-refractivity contribution in [3.05, 3.63) is 0 Å². The van der Waals surface area contributed by atoms with Gasteiger partial charge in [-0.25, -0.2) is 0 Å². The molecule has 0 aliphatic carbocycles. The zero-order chi connectivity index (χ0) is 9.07. The minimum absolute atomic E-state index is 0.0140. The van der Waals surface area contributed by atoms with Crippen molar-refractivity contribution in [1.82, 2.24) is 4.90 Å². The van der Waals surface area contributed by atoms with Gasteiger partial charge in [-0.2, -0.15) is 0 Å². The zero-order valence-corrected chi connectivity index (χ0v) is 7.29. The molecule has 1 amide bonds. The summed E-state index contributed by atoms with van der Waals surface area (Å²) in [5.74, 6) is -0.163. The number of carbonyl (C=O) groups is 1. The van der Waals surface area contributed by atoms with Crippen molar-refractivity contribution in [2.45, 2.75) is 19.4 Å². The minimum atomic E-state index is -0.517. The second kappa shape index (κ2) is 3.69. The number of likely N-dealkylation sites (N-methyl/N-ethyl adjacent to an activating group) is 1. The Labute approximate surface area is 67.0 Å². The molecule has 0 spiro atoms. The molecule has 4 heteroatoms. The lowest BCUT2D eigenvalue weighted by molar-refractivity contribution is -0.134. The molecule has 0 bridgehead atoms. The summed E-state index contributed by atoms with van der Waals surface area (Å²) in [6, 6.07) is 0. The summed E-state index contributed by atoms with van der Waals surface area (Å²) < 4.78 is 0. The molecule has 0 aliphatic heterocycles.